The first-order valence-electron chi connectivity index (χ1n) is 5.55. The molecule has 1 aliphatic rings. The van der Waals surface area contributed by atoms with Crippen molar-refractivity contribution in [1.82, 2.24) is 0 Å². The van der Waals surface area contributed by atoms with Crippen molar-refractivity contribution in [2.24, 2.45) is 0 Å². The summed E-state index contributed by atoms with van der Waals surface area (Å²) in [5, 5.41) is 2.81. The Labute approximate surface area is 98.4 Å². The molecule has 2 aromatic rings. The number of aryl methyl sites for hydroxylation is 2. The monoisotopic (exact) mass is 260 g/mol. The molecule has 15 heavy (non-hydrogen) atoms. The first-order chi connectivity index (χ1) is 7.36. The fourth-order valence-corrected chi connectivity index (χ4v) is 3.21. The Morgan fingerprint density at radius 2 is 1.80 bits per heavy atom. The van der Waals surface area contributed by atoms with E-state index in [1.165, 1.54) is 40.9 Å². The van der Waals surface area contributed by atoms with Crippen molar-refractivity contribution in [3.63, 3.8) is 0 Å². The second-order valence-electron chi connectivity index (χ2n) is 4.25. The van der Waals surface area contributed by atoms with Crippen LogP contribution in [-0.2, 0) is 12.8 Å². The molecule has 2 aromatic carbocycles. The van der Waals surface area contributed by atoms with Gasteiger partial charge in [0.2, 0.25) is 0 Å². The van der Waals surface area contributed by atoms with Crippen molar-refractivity contribution in [3.8, 4) is 0 Å². The zero-order valence-electron chi connectivity index (χ0n) is 8.59. The standard InChI is InChI=1S/C14H13Br/c15-13-7-3-5-11-9-8-10-4-1-2-6-12(10)14(11)13/h3,5,7-9H,1-2,4,6H2. The molecule has 0 nitrogen and oxygen atoms in total. The lowest BCUT2D eigenvalue weighted by Gasteiger charge is -2.18. The average molecular weight is 261 g/mol. The van der Waals surface area contributed by atoms with Crippen LogP contribution in [0.1, 0.15) is 24.0 Å². The normalized spacial score (nSPS) is 15.3. The van der Waals surface area contributed by atoms with E-state index in [4.69, 9.17) is 0 Å². The van der Waals surface area contributed by atoms with E-state index in [1.54, 1.807) is 11.1 Å². The summed E-state index contributed by atoms with van der Waals surface area (Å²) in [6, 6.07) is 11.0. The number of hydrogen-bond acceptors (Lipinski definition) is 0. The summed E-state index contributed by atoms with van der Waals surface area (Å²) in [7, 11) is 0. The van der Waals surface area contributed by atoms with Crippen LogP contribution in [0.4, 0.5) is 0 Å². The smallest absolute Gasteiger partial charge is 0.0256 e. The molecule has 76 valence electrons. The second kappa shape index (κ2) is 3.64. The van der Waals surface area contributed by atoms with E-state index in [1.807, 2.05) is 0 Å². The third-order valence-corrected chi connectivity index (χ3v) is 3.98. The van der Waals surface area contributed by atoms with Gasteiger partial charge < -0.3 is 0 Å². The van der Waals surface area contributed by atoms with Crippen molar-refractivity contribution in [2.45, 2.75) is 25.7 Å². The van der Waals surface area contributed by atoms with Gasteiger partial charge in [0.15, 0.2) is 0 Å². The first-order valence-corrected chi connectivity index (χ1v) is 6.34. The number of hydrogen-bond donors (Lipinski definition) is 0. The lowest BCUT2D eigenvalue weighted by Crippen LogP contribution is -2.03. The van der Waals surface area contributed by atoms with E-state index in [2.05, 4.69) is 46.3 Å². The van der Waals surface area contributed by atoms with Crippen LogP contribution in [0, 0.1) is 0 Å². The van der Waals surface area contributed by atoms with Crippen molar-refractivity contribution < 1.29 is 0 Å². The maximum Gasteiger partial charge on any atom is 0.0256 e. The van der Waals surface area contributed by atoms with Gasteiger partial charge in [-0.3, -0.25) is 0 Å². The van der Waals surface area contributed by atoms with Gasteiger partial charge in [-0.2, -0.15) is 0 Å². The summed E-state index contributed by atoms with van der Waals surface area (Å²) < 4.78 is 1.25. The Morgan fingerprint density at radius 3 is 2.73 bits per heavy atom. The Balaban J connectivity index is 2.39. The van der Waals surface area contributed by atoms with Gasteiger partial charge in [0.05, 0.1) is 0 Å². The minimum atomic E-state index is 1.25. The molecule has 0 fully saturated rings. The minimum Gasteiger partial charge on any atom is -0.0605 e. The van der Waals surface area contributed by atoms with Crippen LogP contribution in [0.25, 0.3) is 10.8 Å². The molecular formula is C14H13Br. The topological polar surface area (TPSA) is 0 Å². The van der Waals surface area contributed by atoms with Crippen molar-refractivity contribution in [3.05, 3.63) is 45.9 Å². The van der Waals surface area contributed by atoms with Crippen LogP contribution in [0.2, 0.25) is 0 Å². The van der Waals surface area contributed by atoms with E-state index in [0.717, 1.165) is 0 Å². The number of rotatable bonds is 0. The van der Waals surface area contributed by atoms with Gasteiger partial charge in [-0.15, -0.1) is 0 Å². The molecule has 1 aliphatic carbocycles. The zero-order valence-corrected chi connectivity index (χ0v) is 10.2. The Bertz CT molecular complexity index is 514. The van der Waals surface area contributed by atoms with Crippen LogP contribution in [0.15, 0.2) is 34.8 Å². The number of halogens is 1. The van der Waals surface area contributed by atoms with Crippen LogP contribution in [0.3, 0.4) is 0 Å². The molecule has 0 N–H and O–H groups in total. The fourth-order valence-electron chi connectivity index (χ4n) is 2.59. The van der Waals surface area contributed by atoms with Gasteiger partial charge in [-0.1, -0.05) is 40.2 Å². The number of fused-ring (bicyclic) bond motifs is 3. The van der Waals surface area contributed by atoms with Crippen molar-refractivity contribution in [2.75, 3.05) is 0 Å². The highest BCUT2D eigenvalue weighted by molar-refractivity contribution is 9.10. The SMILES string of the molecule is Brc1cccc2ccc3c(c12)CCCC3. The lowest BCUT2D eigenvalue weighted by atomic mass is 9.88. The average Bonchev–Trinajstić information content (AvgIpc) is 2.29. The van der Waals surface area contributed by atoms with E-state index in [9.17, 15) is 0 Å². The largest absolute Gasteiger partial charge is 0.0605 e. The molecular weight excluding hydrogens is 248 g/mol. The van der Waals surface area contributed by atoms with Gasteiger partial charge in [0.1, 0.15) is 0 Å². The molecule has 0 atom stereocenters. The first kappa shape index (κ1) is 9.41. The highest BCUT2D eigenvalue weighted by atomic mass is 79.9. The van der Waals surface area contributed by atoms with Gasteiger partial charge in [-0.05, 0) is 53.6 Å². The summed E-state index contributed by atoms with van der Waals surface area (Å²) in [5.74, 6) is 0. The fraction of sp³-hybridized carbons (Fsp3) is 0.286. The predicted molar refractivity (Wildman–Crippen MR) is 68.3 cm³/mol. The zero-order chi connectivity index (χ0) is 10.3. The maximum atomic E-state index is 3.68. The van der Waals surface area contributed by atoms with Crippen LogP contribution >= 0.6 is 15.9 Å². The minimum absolute atomic E-state index is 1.25. The molecule has 0 aliphatic heterocycles. The molecule has 0 radical (unpaired) electrons. The molecule has 0 saturated carbocycles. The molecule has 0 amide bonds. The lowest BCUT2D eigenvalue weighted by molar-refractivity contribution is 0.690. The van der Waals surface area contributed by atoms with E-state index in [-0.39, 0.29) is 0 Å². The van der Waals surface area contributed by atoms with Gasteiger partial charge in [0.25, 0.3) is 0 Å². The summed E-state index contributed by atoms with van der Waals surface area (Å²) >= 11 is 3.68. The summed E-state index contributed by atoms with van der Waals surface area (Å²) in [4.78, 5) is 0. The second-order valence-corrected chi connectivity index (χ2v) is 5.10. The van der Waals surface area contributed by atoms with Crippen molar-refractivity contribution in [1.29, 1.82) is 0 Å². The highest BCUT2D eigenvalue weighted by Gasteiger charge is 2.13. The summed E-state index contributed by atoms with van der Waals surface area (Å²) in [6.07, 6.45) is 5.19. The maximum absolute atomic E-state index is 3.68. The molecule has 0 spiro atoms. The van der Waals surface area contributed by atoms with E-state index < -0.39 is 0 Å². The molecule has 0 bridgehead atoms. The van der Waals surface area contributed by atoms with Gasteiger partial charge >= 0.3 is 0 Å². The molecule has 0 unspecified atom stereocenters. The molecule has 0 heterocycles. The summed E-state index contributed by atoms with van der Waals surface area (Å²) in [5.41, 5.74) is 3.13. The van der Waals surface area contributed by atoms with E-state index in [0.29, 0.717) is 0 Å². The predicted octanol–water partition coefficient (Wildman–Crippen LogP) is 4.48. The van der Waals surface area contributed by atoms with Crippen LogP contribution in [-0.4, -0.2) is 0 Å². The van der Waals surface area contributed by atoms with Gasteiger partial charge in [0, 0.05) is 4.47 Å². The Hall–Kier alpha value is -0.820. The quantitative estimate of drug-likeness (QED) is 0.655. The van der Waals surface area contributed by atoms with Crippen LogP contribution in [0.5, 0.6) is 0 Å². The van der Waals surface area contributed by atoms with Crippen LogP contribution < -0.4 is 0 Å². The summed E-state index contributed by atoms with van der Waals surface area (Å²) in [6.45, 7) is 0. The highest BCUT2D eigenvalue weighted by Crippen LogP contribution is 2.33. The van der Waals surface area contributed by atoms with Crippen molar-refractivity contribution >= 4 is 26.7 Å². The third kappa shape index (κ3) is 1.50. The molecule has 1 heteroatoms. The Kier molecular flexibility index (Phi) is 2.28. The molecule has 3 rings (SSSR count). The van der Waals surface area contributed by atoms with Gasteiger partial charge in [-0.25, -0.2) is 0 Å². The number of benzene rings is 2. The Morgan fingerprint density at radius 1 is 0.933 bits per heavy atom. The van der Waals surface area contributed by atoms with E-state index >= 15 is 0 Å². The third-order valence-electron chi connectivity index (χ3n) is 3.32. The molecule has 0 saturated heterocycles. The molecule has 0 aromatic heterocycles.